The SMILES string of the molecule is O=C(O)c1[c-]cccc1.[Au+]. The molecule has 56 valence electrons. The number of rotatable bonds is 1. The molecule has 0 fully saturated rings. The van der Waals surface area contributed by atoms with Gasteiger partial charge in [0.05, 0.1) is 0 Å². The Morgan fingerprint density at radius 3 is 2.50 bits per heavy atom. The van der Waals surface area contributed by atoms with Crippen LogP contribution in [0.1, 0.15) is 10.4 Å². The summed E-state index contributed by atoms with van der Waals surface area (Å²) in [5.41, 5.74) is 0.206. The van der Waals surface area contributed by atoms with Crippen molar-refractivity contribution in [1.82, 2.24) is 0 Å². The summed E-state index contributed by atoms with van der Waals surface area (Å²) in [6.07, 6.45) is 0. The molecule has 0 radical (unpaired) electrons. The van der Waals surface area contributed by atoms with Gasteiger partial charge in [-0.2, -0.15) is 0 Å². The third-order valence-electron chi connectivity index (χ3n) is 0.939. The van der Waals surface area contributed by atoms with Crippen molar-refractivity contribution in [3.05, 3.63) is 35.9 Å². The second-order valence-electron chi connectivity index (χ2n) is 1.58. The fraction of sp³-hybridized carbons (Fsp3) is 0. The van der Waals surface area contributed by atoms with E-state index in [-0.39, 0.29) is 27.9 Å². The summed E-state index contributed by atoms with van der Waals surface area (Å²) < 4.78 is 0. The molecule has 0 spiro atoms. The van der Waals surface area contributed by atoms with Crippen LogP contribution >= 0.6 is 0 Å². The predicted molar refractivity (Wildman–Crippen MR) is 32.2 cm³/mol. The summed E-state index contributed by atoms with van der Waals surface area (Å²) in [4.78, 5) is 10.2. The van der Waals surface area contributed by atoms with Gasteiger partial charge in [-0.15, -0.1) is 30.3 Å². The zero-order valence-corrected chi connectivity index (χ0v) is 7.13. The van der Waals surface area contributed by atoms with Crippen molar-refractivity contribution < 1.29 is 32.3 Å². The van der Waals surface area contributed by atoms with Crippen molar-refractivity contribution in [2.24, 2.45) is 0 Å². The molecule has 0 unspecified atom stereocenters. The Hall–Kier alpha value is -0.570. The molecule has 0 saturated heterocycles. The van der Waals surface area contributed by atoms with Crippen LogP contribution in [0.15, 0.2) is 24.3 Å². The molecule has 0 aliphatic heterocycles. The zero-order chi connectivity index (χ0) is 6.69. The number of aromatic carboxylic acids is 1. The largest absolute Gasteiger partial charge is 1.00 e. The first-order valence-electron chi connectivity index (χ1n) is 2.51. The Morgan fingerprint density at radius 1 is 1.50 bits per heavy atom. The van der Waals surface area contributed by atoms with Crippen LogP contribution in [-0.4, -0.2) is 11.1 Å². The second kappa shape index (κ2) is 4.28. The minimum absolute atomic E-state index is 0. The fourth-order valence-corrected chi connectivity index (χ4v) is 0.526. The molecule has 0 atom stereocenters. The molecule has 0 bridgehead atoms. The number of carboxylic acid groups (broad SMARTS) is 1. The van der Waals surface area contributed by atoms with Crippen LogP contribution < -0.4 is 0 Å². The maximum absolute atomic E-state index is 10.2. The maximum Gasteiger partial charge on any atom is 1.00 e. The quantitative estimate of drug-likeness (QED) is 0.624. The van der Waals surface area contributed by atoms with E-state index in [1.54, 1.807) is 18.2 Å². The first-order valence-corrected chi connectivity index (χ1v) is 2.51. The van der Waals surface area contributed by atoms with Crippen LogP contribution in [0.4, 0.5) is 0 Å². The normalized spacial score (nSPS) is 8.00. The average Bonchev–Trinajstić information content (AvgIpc) is 1.90. The van der Waals surface area contributed by atoms with E-state index in [2.05, 4.69) is 6.07 Å². The van der Waals surface area contributed by atoms with E-state index >= 15 is 0 Å². The van der Waals surface area contributed by atoms with Crippen LogP contribution in [0, 0.1) is 6.07 Å². The number of hydrogen-bond acceptors (Lipinski definition) is 1. The summed E-state index contributed by atoms with van der Waals surface area (Å²) in [6.45, 7) is 0. The third kappa shape index (κ3) is 2.35. The molecule has 1 rings (SSSR count). The van der Waals surface area contributed by atoms with Gasteiger partial charge < -0.3 is 9.90 Å². The van der Waals surface area contributed by atoms with E-state index in [4.69, 9.17) is 5.11 Å². The predicted octanol–water partition coefficient (Wildman–Crippen LogP) is 1.18. The second-order valence-corrected chi connectivity index (χ2v) is 1.58. The summed E-state index contributed by atoms with van der Waals surface area (Å²) in [6, 6.07) is 9.04. The molecule has 0 aromatic heterocycles. The molecule has 3 heteroatoms. The van der Waals surface area contributed by atoms with Crippen LogP contribution in [0.25, 0.3) is 0 Å². The molecule has 0 aliphatic rings. The maximum atomic E-state index is 10.2. The van der Waals surface area contributed by atoms with Gasteiger partial charge in [0, 0.05) is 0 Å². The first kappa shape index (κ1) is 9.43. The first-order chi connectivity index (χ1) is 4.30. The standard InChI is InChI=1S/C7H5O2.Au/c8-7(9)6-4-2-1-3-5-6;/h1-4H,(H,8,9);/q-1;+1. The van der Waals surface area contributed by atoms with Gasteiger partial charge in [0.1, 0.15) is 0 Å². The van der Waals surface area contributed by atoms with Crippen LogP contribution in [0.5, 0.6) is 0 Å². The zero-order valence-electron chi connectivity index (χ0n) is 4.97. The van der Waals surface area contributed by atoms with Gasteiger partial charge in [-0.1, -0.05) is 5.56 Å². The van der Waals surface area contributed by atoms with E-state index in [9.17, 15) is 4.79 Å². The molecular formula is C7H5AuO2. The van der Waals surface area contributed by atoms with E-state index in [1.807, 2.05) is 0 Å². The molecule has 0 saturated carbocycles. The Morgan fingerprint density at radius 2 is 2.20 bits per heavy atom. The molecule has 0 heterocycles. The summed E-state index contributed by atoms with van der Waals surface area (Å²) >= 11 is 0. The molecule has 1 N–H and O–H groups in total. The van der Waals surface area contributed by atoms with Crippen molar-refractivity contribution in [1.29, 1.82) is 0 Å². The Bertz CT molecular complexity index is 208. The summed E-state index contributed by atoms with van der Waals surface area (Å²) in [7, 11) is 0. The monoisotopic (exact) mass is 318 g/mol. The van der Waals surface area contributed by atoms with E-state index in [1.165, 1.54) is 6.07 Å². The molecule has 1 aromatic rings. The van der Waals surface area contributed by atoms with Crippen LogP contribution in [0.3, 0.4) is 0 Å². The van der Waals surface area contributed by atoms with Crippen LogP contribution in [0.2, 0.25) is 0 Å². The molecule has 1 aromatic carbocycles. The summed E-state index contributed by atoms with van der Waals surface area (Å²) in [5.74, 6) is -0.935. The van der Waals surface area contributed by atoms with E-state index in [0.29, 0.717) is 0 Å². The Labute approximate surface area is 74.4 Å². The molecule has 0 amide bonds. The minimum atomic E-state index is -0.935. The number of carboxylic acids is 1. The Kier molecular flexibility index (Phi) is 4.03. The molecule has 2 nitrogen and oxygen atoms in total. The fourth-order valence-electron chi connectivity index (χ4n) is 0.526. The summed E-state index contributed by atoms with van der Waals surface area (Å²) in [5, 5.41) is 8.35. The van der Waals surface area contributed by atoms with Crippen molar-refractivity contribution in [3.63, 3.8) is 0 Å². The minimum Gasteiger partial charge on any atom is -0.521 e. The van der Waals surface area contributed by atoms with Gasteiger partial charge in [0.25, 0.3) is 0 Å². The van der Waals surface area contributed by atoms with Gasteiger partial charge in [-0.25, -0.2) is 0 Å². The van der Waals surface area contributed by atoms with Crippen molar-refractivity contribution in [2.75, 3.05) is 0 Å². The molecule has 0 aliphatic carbocycles. The van der Waals surface area contributed by atoms with E-state index < -0.39 is 5.97 Å². The number of benzene rings is 1. The number of carbonyl (C=O) groups is 1. The topological polar surface area (TPSA) is 37.3 Å². The van der Waals surface area contributed by atoms with Gasteiger partial charge >= 0.3 is 22.4 Å². The Balaban J connectivity index is 0.000000810. The smallest absolute Gasteiger partial charge is 0.521 e. The van der Waals surface area contributed by atoms with E-state index in [0.717, 1.165) is 0 Å². The van der Waals surface area contributed by atoms with Gasteiger partial charge in [0.15, 0.2) is 0 Å². The van der Waals surface area contributed by atoms with Crippen LogP contribution in [-0.2, 0) is 22.4 Å². The number of hydrogen-bond donors (Lipinski definition) is 1. The van der Waals surface area contributed by atoms with Crippen molar-refractivity contribution in [2.45, 2.75) is 0 Å². The van der Waals surface area contributed by atoms with Gasteiger partial charge in [0.2, 0.25) is 5.97 Å². The molecule has 10 heavy (non-hydrogen) atoms. The van der Waals surface area contributed by atoms with Crippen molar-refractivity contribution >= 4 is 5.97 Å². The van der Waals surface area contributed by atoms with Gasteiger partial charge in [-0.3, -0.25) is 0 Å². The van der Waals surface area contributed by atoms with Gasteiger partial charge in [-0.05, 0) is 0 Å². The third-order valence-corrected chi connectivity index (χ3v) is 0.939. The van der Waals surface area contributed by atoms with Crippen molar-refractivity contribution in [3.8, 4) is 0 Å². The average molecular weight is 318 g/mol. The molecular weight excluding hydrogens is 313 g/mol.